The molecule has 0 saturated heterocycles. The summed E-state index contributed by atoms with van der Waals surface area (Å²) in [5.41, 5.74) is 7.40. The van der Waals surface area contributed by atoms with Gasteiger partial charge in [-0.05, 0) is 6.07 Å². The Bertz CT molecular complexity index is 463. The van der Waals surface area contributed by atoms with E-state index < -0.39 is 22.1 Å². The van der Waals surface area contributed by atoms with Crippen LogP contribution < -0.4 is 11.2 Å². The van der Waals surface area contributed by atoms with Crippen molar-refractivity contribution >= 4 is 22.1 Å². The van der Waals surface area contributed by atoms with E-state index in [0.29, 0.717) is 6.54 Å². The molecule has 1 amide bonds. The van der Waals surface area contributed by atoms with Crippen molar-refractivity contribution in [3.8, 4) is 0 Å². The minimum atomic E-state index is -2.18. The van der Waals surface area contributed by atoms with E-state index in [9.17, 15) is 13.8 Å². The van der Waals surface area contributed by atoms with Crippen molar-refractivity contribution in [3.05, 3.63) is 29.6 Å². The molecule has 1 atom stereocenters. The van der Waals surface area contributed by atoms with E-state index in [1.807, 2.05) is 0 Å². The first-order valence-corrected chi connectivity index (χ1v) is 5.75. The summed E-state index contributed by atoms with van der Waals surface area (Å²) in [5.74, 6) is -0.717. The lowest BCUT2D eigenvalue weighted by Crippen LogP contribution is -2.21. The summed E-state index contributed by atoms with van der Waals surface area (Å²) < 4.78 is 15.9. The summed E-state index contributed by atoms with van der Waals surface area (Å²) >= 11 is -2.18. The highest BCUT2D eigenvalue weighted by atomic mass is 32.2. The maximum atomic E-state index is 11.6. The van der Waals surface area contributed by atoms with Gasteiger partial charge in [-0.2, -0.15) is 9.76 Å². The zero-order chi connectivity index (χ0) is 12.8. The van der Waals surface area contributed by atoms with Crippen LogP contribution in [0.1, 0.15) is 27.6 Å². The first-order chi connectivity index (χ1) is 8.06. The highest BCUT2D eigenvalue weighted by molar-refractivity contribution is 7.96. The molecule has 17 heavy (non-hydrogen) atoms. The standard InChI is InChI=1S/C9H11N3O4S/c1-2-12-16-17(15)9(14)7-3-6(8(10)13)4-11-5-7/h3-5,12H,2H2,1H3,(H2,10,13). The average molecular weight is 257 g/mol. The van der Waals surface area contributed by atoms with Gasteiger partial charge in [0.2, 0.25) is 17.0 Å². The number of nitrogens with zero attached hydrogens (tertiary/aromatic N) is 1. The van der Waals surface area contributed by atoms with Crippen molar-refractivity contribution in [2.75, 3.05) is 6.54 Å². The van der Waals surface area contributed by atoms with Crippen LogP contribution >= 0.6 is 0 Å². The molecular weight excluding hydrogens is 246 g/mol. The molecule has 8 heteroatoms. The Morgan fingerprint density at radius 1 is 1.47 bits per heavy atom. The number of carbonyl (C=O) groups is 2. The second-order valence-corrected chi connectivity index (χ2v) is 3.94. The van der Waals surface area contributed by atoms with Gasteiger partial charge in [-0.1, -0.05) is 6.92 Å². The normalized spacial score (nSPS) is 12.1. The fourth-order valence-corrected chi connectivity index (χ4v) is 1.54. The number of nitrogens with two attached hydrogens (primary N) is 1. The molecule has 0 aromatic carbocycles. The summed E-state index contributed by atoms with van der Waals surface area (Å²) in [6.45, 7) is 2.12. The van der Waals surface area contributed by atoms with Crippen LogP contribution in [0.25, 0.3) is 0 Å². The molecule has 0 aliphatic carbocycles. The third-order valence-electron chi connectivity index (χ3n) is 1.69. The van der Waals surface area contributed by atoms with Crippen molar-refractivity contribution in [1.82, 2.24) is 10.5 Å². The van der Waals surface area contributed by atoms with Crippen molar-refractivity contribution in [2.24, 2.45) is 5.73 Å². The Kier molecular flexibility index (Phi) is 4.88. The van der Waals surface area contributed by atoms with Crippen LogP contribution in [0.4, 0.5) is 0 Å². The number of aromatic nitrogens is 1. The molecule has 0 saturated carbocycles. The third-order valence-corrected chi connectivity index (χ3v) is 2.50. The van der Waals surface area contributed by atoms with Gasteiger partial charge in [-0.25, -0.2) is 4.21 Å². The first-order valence-electron chi connectivity index (χ1n) is 4.67. The SMILES string of the molecule is CCNOS(=O)C(=O)c1cncc(C(N)=O)c1. The molecule has 1 aromatic heterocycles. The largest absolute Gasteiger partial charge is 0.366 e. The number of carbonyl (C=O) groups excluding carboxylic acids is 2. The van der Waals surface area contributed by atoms with E-state index in [1.165, 1.54) is 18.5 Å². The van der Waals surface area contributed by atoms with Crippen LogP contribution in [0.2, 0.25) is 0 Å². The monoisotopic (exact) mass is 257 g/mol. The van der Waals surface area contributed by atoms with Crippen molar-refractivity contribution in [1.29, 1.82) is 0 Å². The van der Waals surface area contributed by atoms with Crippen molar-refractivity contribution < 1.29 is 18.1 Å². The number of hydrogen-bond donors (Lipinski definition) is 2. The van der Waals surface area contributed by atoms with E-state index in [1.54, 1.807) is 6.92 Å². The maximum Gasteiger partial charge on any atom is 0.279 e. The lowest BCUT2D eigenvalue weighted by atomic mass is 10.2. The number of hydrogen-bond acceptors (Lipinski definition) is 6. The van der Waals surface area contributed by atoms with Crippen LogP contribution in [-0.2, 0) is 15.4 Å². The first kappa shape index (κ1) is 13.4. The quantitative estimate of drug-likeness (QED) is 0.689. The molecule has 1 aromatic rings. The van der Waals surface area contributed by atoms with Crippen molar-refractivity contribution in [3.63, 3.8) is 0 Å². The molecule has 0 spiro atoms. The maximum absolute atomic E-state index is 11.6. The molecule has 0 fully saturated rings. The highest BCUT2D eigenvalue weighted by Gasteiger charge is 2.17. The molecule has 1 heterocycles. The Labute approximate surface area is 100.0 Å². The number of amides is 1. The second kappa shape index (κ2) is 6.18. The van der Waals surface area contributed by atoms with Gasteiger partial charge in [0, 0.05) is 18.9 Å². The van der Waals surface area contributed by atoms with E-state index in [2.05, 4.69) is 14.7 Å². The predicted molar refractivity (Wildman–Crippen MR) is 60.0 cm³/mol. The number of primary amides is 1. The lowest BCUT2D eigenvalue weighted by Gasteiger charge is -2.02. The van der Waals surface area contributed by atoms with Gasteiger partial charge in [0.1, 0.15) is 0 Å². The van der Waals surface area contributed by atoms with Crippen LogP contribution in [0.3, 0.4) is 0 Å². The van der Waals surface area contributed by atoms with Gasteiger partial charge in [0.15, 0.2) is 0 Å². The zero-order valence-corrected chi connectivity index (χ0v) is 9.82. The summed E-state index contributed by atoms with van der Waals surface area (Å²) in [6.07, 6.45) is 2.40. The Morgan fingerprint density at radius 3 is 2.71 bits per heavy atom. The van der Waals surface area contributed by atoms with Crippen LogP contribution in [0.15, 0.2) is 18.5 Å². The van der Waals surface area contributed by atoms with Gasteiger partial charge < -0.3 is 5.73 Å². The molecule has 1 rings (SSSR count). The predicted octanol–water partition coefficient (Wildman–Crippen LogP) is -0.474. The molecule has 0 radical (unpaired) electrons. The highest BCUT2D eigenvalue weighted by Crippen LogP contribution is 2.05. The molecule has 3 N–H and O–H groups in total. The number of pyridine rings is 1. The average Bonchev–Trinajstić information content (AvgIpc) is 2.35. The molecule has 0 aliphatic rings. The fourth-order valence-electron chi connectivity index (χ4n) is 0.933. The van der Waals surface area contributed by atoms with Crippen LogP contribution in [-0.4, -0.2) is 26.8 Å². The Hall–Kier alpha value is -1.64. The van der Waals surface area contributed by atoms with Gasteiger partial charge >= 0.3 is 0 Å². The molecule has 92 valence electrons. The van der Waals surface area contributed by atoms with E-state index in [4.69, 9.17) is 5.73 Å². The molecular formula is C9H11N3O4S. The van der Waals surface area contributed by atoms with Gasteiger partial charge in [0.05, 0.1) is 11.1 Å². The number of hydroxylamine groups is 1. The summed E-state index contributed by atoms with van der Waals surface area (Å²) in [6, 6.07) is 1.21. The minimum absolute atomic E-state index is 0.00228. The van der Waals surface area contributed by atoms with Gasteiger partial charge in [-0.15, -0.1) is 0 Å². The topological polar surface area (TPSA) is 111 Å². The number of rotatable bonds is 5. The zero-order valence-electron chi connectivity index (χ0n) is 9.00. The minimum Gasteiger partial charge on any atom is -0.366 e. The van der Waals surface area contributed by atoms with E-state index in [-0.39, 0.29) is 11.1 Å². The molecule has 0 bridgehead atoms. The molecule has 0 aliphatic heterocycles. The lowest BCUT2D eigenvalue weighted by molar-refractivity contribution is 0.1000. The van der Waals surface area contributed by atoms with Crippen molar-refractivity contribution in [2.45, 2.75) is 6.92 Å². The van der Waals surface area contributed by atoms with Gasteiger partial charge in [0.25, 0.3) is 5.12 Å². The fraction of sp³-hybridized carbons (Fsp3) is 0.222. The smallest absolute Gasteiger partial charge is 0.279 e. The second-order valence-electron chi connectivity index (χ2n) is 2.93. The molecule has 1 unspecified atom stereocenters. The Morgan fingerprint density at radius 2 is 2.12 bits per heavy atom. The summed E-state index contributed by atoms with van der Waals surface area (Å²) in [5, 5.41) is -0.790. The summed E-state index contributed by atoms with van der Waals surface area (Å²) in [4.78, 5) is 26.1. The van der Waals surface area contributed by atoms with E-state index in [0.717, 1.165) is 0 Å². The van der Waals surface area contributed by atoms with Crippen LogP contribution in [0.5, 0.6) is 0 Å². The van der Waals surface area contributed by atoms with E-state index >= 15 is 0 Å². The third kappa shape index (κ3) is 3.70. The summed E-state index contributed by atoms with van der Waals surface area (Å²) in [7, 11) is 0. The number of nitrogens with one attached hydrogen (secondary N) is 1. The Balaban J connectivity index is 2.85. The van der Waals surface area contributed by atoms with Gasteiger partial charge in [-0.3, -0.25) is 14.6 Å². The molecule has 7 nitrogen and oxygen atoms in total. The van der Waals surface area contributed by atoms with Crippen LogP contribution in [0, 0.1) is 0 Å².